The monoisotopic (exact) mass is 228 g/mol. The molecule has 1 aliphatic heterocycles. The van der Waals surface area contributed by atoms with E-state index >= 15 is 0 Å². The van der Waals surface area contributed by atoms with E-state index in [2.05, 4.69) is 0 Å². The minimum atomic E-state index is -0.511. The molecule has 0 aromatic carbocycles. The second-order valence-corrected chi connectivity index (χ2v) is 4.59. The standard InChI is InChI=1S/C12H22NO3/c1-9(2)11(13)12(14)16-8-5-10-3-6-15-7-4-10/h5,9-11H,3-4,6-8,13H2,1-2H3. The number of hydrogen-bond donors (Lipinski definition) is 1. The van der Waals surface area contributed by atoms with Gasteiger partial charge in [-0.1, -0.05) is 13.8 Å². The second kappa shape index (κ2) is 6.86. The van der Waals surface area contributed by atoms with E-state index in [9.17, 15) is 4.79 Å². The number of nitrogens with two attached hydrogens (primary N) is 1. The summed E-state index contributed by atoms with van der Waals surface area (Å²) in [4.78, 5) is 11.4. The normalized spacial score (nSPS) is 19.8. The molecule has 0 bridgehead atoms. The number of esters is 1. The second-order valence-electron chi connectivity index (χ2n) is 4.59. The summed E-state index contributed by atoms with van der Waals surface area (Å²) < 4.78 is 10.4. The van der Waals surface area contributed by atoms with Crippen molar-refractivity contribution in [3.05, 3.63) is 6.42 Å². The summed E-state index contributed by atoms with van der Waals surface area (Å²) in [5.74, 6) is 0.325. The Labute approximate surface area is 97.5 Å². The van der Waals surface area contributed by atoms with Crippen molar-refractivity contribution in [2.75, 3.05) is 19.8 Å². The zero-order chi connectivity index (χ0) is 12.0. The summed E-state index contributed by atoms with van der Waals surface area (Å²) in [6.45, 7) is 5.80. The molecule has 4 nitrogen and oxygen atoms in total. The summed E-state index contributed by atoms with van der Waals surface area (Å²) in [6.07, 6.45) is 4.09. The third-order valence-corrected chi connectivity index (χ3v) is 2.91. The minimum absolute atomic E-state index is 0.121. The molecule has 0 aromatic rings. The summed E-state index contributed by atoms with van der Waals surface area (Å²) >= 11 is 0. The summed E-state index contributed by atoms with van der Waals surface area (Å²) in [5, 5.41) is 0. The van der Waals surface area contributed by atoms with Crippen LogP contribution in [0.2, 0.25) is 0 Å². The molecular weight excluding hydrogens is 206 g/mol. The van der Waals surface area contributed by atoms with Crippen LogP contribution in [0.15, 0.2) is 0 Å². The van der Waals surface area contributed by atoms with E-state index in [1.807, 2.05) is 20.3 Å². The van der Waals surface area contributed by atoms with Crippen molar-refractivity contribution in [2.24, 2.45) is 17.6 Å². The van der Waals surface area contributed by atoms with Crippen molar-refractivity contribution in [1.29, 1.82) is 0 Å². The van der Waals surface area contributed by atoms with Gasteiger partial charge in [-0.15, -0.1) is 0 Å². The molecule has 4 heteroatoms. The molecule has 0 amide bonds. The van der Waals surface area contributed by atoms with Crippen molar-refractivity contribution < 1.29 is 14.3 Å². The fourth-order valence-corrected chi connectivity index (χ4v) is 1.59. The van der Waals surface area contributed by atoms with Crippen molar-refractivity contribution in [3.8, 4) is 0 Å². The lowest BCUT2D eigenvalue weighted by Gasteiger charge is -2.22. The van der Waals surface area contributed by atoms with Gasteiger partial charge in [-0.25, -0.2) is 0 Å². The summed E-state index contributed by atoms with van der Waals surface area (Å²) in [6, 6.07) is -0.511. The molecule has 0 aliphatic carbocycles. The Bertz CT molecular complexity index is 212. The van der Waals surface area contributed by atoms with Crippen molar-refractivity contribution >= 4 is 5.97 Å². The van der Waals surface area contributed by atoms with Gasteiger partial charge in [0, 0.05) is 19.6 Å². The fourth-order valence-electron chi connectivity index (χ4n) is 1.59. The molecule has 0 saturated carbocycles. The lowest BCUT2D eigenvalue weighted by atomic mass is 9.97. The van der Waals surface area contributed by atoms with Crippen LogP contribution in [0.3, 0.4) is 0 Å². The van der Waals surface area contributed by atoms with Gasteiger partial charge in [0.1, 0.15) is 6.04 Å². The van der Waals surface area contributed by atoms with Gasteiger partial charge in [0.15, 0.2) is 0 Å². The van der Waals surface area contributed by atoms with Crippen LogP contribution in [0, 0.1) is 18.3 Å². The first kappa shape index (κ1) is 13.5. The highest BCUT2D eigenvalue weighted by molar-refractivity contribution is 5.75. The molecule has 16 heavy (non-hydrogen) atoms. The number of hydrogen-bond acceptors (Lipinski definition) is 4. The Morgan fingerprint density at radius 2 is 2.12 bits per heavy atom. The maximum absolute atomic E-state index is 11.4. The smallest absolute Gasteiger partial charge is 0.323 e. The van der Waals surface area contributed by atoms with Crippen LogP contribution in [-0.4, -0.2) is 31.8 Å². The van der Waals surface area contributed by atoms with Crippen LogP contribution in [0.5, 0.6) is 0 Å². The number of ether oxygens (including phenoxy) is 2. The largest absolute Gasteiger partial charge is 0.464 e. The average molecular weight is 228 g/mol. The maximum atomic E-state index is 11.4. The zero-order valence-electron chi connectivity index (χ0n) is 10.1. The Morgan fingerprint density at radius 3 is 2.69 bits per heavy atom. The predicted octanol–water partition coefficient (Wildman–Crippen LogP) is 1.14. The van der Waals surface area contributed by atoms with E-state index in [-0.39, 0.29) is 11.9 Å². The van der Waals surface area contributed by atoms with E-state index in [1.165, 1.54) is 0 Å². The van der Waals surface area contributed by atoms with Crippen LogP contribution < -0.4 is 5.73 Å². The van der Waals surface area contributed by atoms with Gasteiger partial charge in [0.2, 0.25) is 0 Å². The zero-order valence-corrected chi connectivity index (χ0v) is 10.1. The van der Waals surface area contributed by atoms with E-state index < -0.39 is 6.04 Å². The van der Waals surface area contributed by atoms with E-state index in [0.29, 0.717) is 12.5 Å². The molecule has 1 heterocycles. The van der Waals surface area contributed by atoms with E-state index in [4.69, 9.17) is 15.2 Å². The SMILES string of the molecule is CC(C)C(N)C(=O)OC[CH]C1CCOCC1. The van der Waals surface area contributed by atoms with Gasteiger partial charge in [0.05, 0.1) is 6.61 Å². The Morgan fingerprint density at radius 1 is 1.50 bits per heavy atom. The van der Waals surface area contributed by atoms with Crippen LogP contribution in [0.1, 0.15) is 26.7 Å². The molecule has 1 atom stereocenters. The van der Waals surface area contributed by atoms with Gasteiger partial charge < -0.3 is 15.2 Å². The van der Waals surface area contributed by atoms with Crippen molar-refractivity contribution in [2.45, 2.75) is 32.7 Å². The molecule has 1 radical (unpaired) electrons. The Hall–Kier alpha value is -0.610. The van der Waals surface area contributed by atoms with Gasteiger partial charge in [0.25, 0.3) is 0 Å². The van der Waals surface area contributed by atoms with E-state index in [0.717, 1.165) is 26.1 Å². The lowest BCUT2D eigenvalue weighted by molar-refractivity contribution is -0.145. The summed E-state index contributed by atoms with van der Waals surface area (Å²) in [7, 11) is 0. The molecule has 0 spiro atoms. The predicted molar refractivity (Wildman–Crippen MR) is 61.6 cm³/mol. The van der Waals surface area contributed by atoms with Gasteiger partial charge in [-0.05, 0) is 24.7 Å². The first-order valence-electron chi connectivity index (χ1n) is 5.94. The third-order valence-electron chi connectivity index (χ3n) is 2.91. The third kappa shape index (κ3) is 4.49. The lowest BCUT2D eigenvalue weighted by Crippen LogP contribution is -2.37. The van der Waals surface area contributed by atoms with E-state index in [1.54, 1.807) is 0 Å². The summed E-state index contributed by atoms with van der Waals surface area (Å²) in [5.41, 5.74) is 5.67. The highest BCUT2D eigenvalue weighted by atomic mass is 16.5. The quantitative estimate of drug-likeness (QED) is 0.717. The molecular formula is C12H22NO3. The molecule has 1 saturated heterocycles. The van der Waals surface area contributed by atoms with Crippen molar-refractivity contribution in [3.63, 3.8) is 0 Å². The number of carbonyl (C=O) groups is 1. The highest BCUT2D eigenvalue weighted by Gasteiger charge is 2.20. The average Bonchev–Trinajstić information content (AvgIpc) is 2.29. The van der Waals surface area contributed by atoms with Crippen LogP contribution in [0.4, 0.5) is 0 Å². The van der Waals surface area contributed by atoms with Crippen LogP contribution >= 0.6 is 0 Å². The molecule has 1 rings (SSSR count). The highest BCUT2D eigenvalue weighted by Crippen LogP contribution is 2.17. The topological polar surface area (TPSA) is 61.6 Å². The van der Waals surface area contributed by atoms with Gasteiger partial charge in [-0.3, -0.25) is 4.79 Å². The molecule has 1 unspecified atom stereocenters. The van der Waals surface area contributed by atoms with Crippen LogP contribution in [-0.2, 0) is 14.3 Å². The molecule has 1 fully saturated rings. The molecule has 93 valence electrons. The van der Waals surface area contributed by atoms with Gasteiger partial charge in [-0.2, -0.15) is 0 Å². The number of rotatable bonds is 5. The van der Waals surface area contributed by atoms with Crippen LogP contribution in [0.25, 0.3) is 0 Å². The minimum Gasteiger partial charge on any atom is -0.464 e. The maximum Gasteiger partial charge on any atom is 0.323 e. The Balaban J connectivity index is 2.12. The molecule has 0 aromatic heterocycles. The first-order chi connectivity index (χ1) is 7.61. The van der Waals surface area contributed by atoms with Gasteiger partial charge >= 0.3 is 5.97 Å². The van der Waals surface area contributed by atoms with Crippen molar-refractivity contribution in [1.82, 2.24) is 0 Å². The Kier molecular flexibility index (Phi) is 5.77. The molecule has 1 aliphatic rings. The first-order valence-corrected chi connectivity index (χ1v) is 5.94. The fraction of sp³-hybridized carbons (Fsp3) is 0.833. The number of carbonyl (C=O) groups excluding carboxylic acids is 1. The molecule has 2 N–H and O–H groups in total.